The largest absolute Gasteiger partial charge is 0.545 e. The van der Waals surface area contributed by atoms with Crippen molar-refractivity contribution in [2.75, 3.05) is 19.5 Å². The smallest absolute Gasteiger partial charge is 0.124 e. The van der Waals surface area contributed by atoms with Crippen LogP contribution < -0.4 is 19.9 Å². The van der Waals surface area contributed by atoms with Gasteiger partial charge in [-0.1, -0.05) is 18.2 Å². The molecule has 1 N–H and O–H groups in total. The van der Waals surface area contributed by atoms with E-state index in [-0.39, 0.29) is 23.4 Å². The number of rotatable bonds is 4. The standard InChI is InChI=1S/C21H21NO4/c1-25-13-7-9-19(26-2)17(11-13)20-15-5-3-4-14(15)16-10-12(21(23)24)6-8-18(16)22-20/h3-4,6-11,14-15,20,22H,5H2,1-2H3,(H,23,24)/p-1/t14-,15-,20+/m1/s1. The van der Waals surface area contributed by atoms with Crippen LogP contribution in [-0.2, 0) is 0 Å². The van der Waals surface area contributed by atoms with Crippen molar-refractivity contribution >= 4 is 11.7 Å². The Hall–Kier alpha value is -2.95. The SMILES string of the molecule is COc1ccc(OC)c([C@H]2Nc3ccc(C(=O)[O-])cc3[C@@H]3C=CC[C@@H]23)c1. The highest BCUT2D eigenvalue weighted by Crippen LogP contribution is 2.51. The van der Waals surface area contributed by atoms with E-state index in [4.69, 9.17) is 9.47 Å². The number of carbonyl (C=O) groups is 1. The maximum Gasteiger partial charge on any atom is 0.124 e. The maximum absolute atomic E-state index is 11.2. The molecular weight excluding hydrogens is 330 g/mol. The Morgan fingerprint density at radius 2 is 1.96 bits per heavy atom. The molecule has 3 atom stereocenters. The van der Waals surface area contributed by atoms with Crippen LogP contribution in [-0.4, -0.2) is 20.2 Å². The van der Waals surface area contributed by atoms with Crippen LogP contribution in [0.2, 0.25) is 0 Å². The van der Waals surface area contributed by atoms with Crippen molar-refractivity contribution in [3.8, 4) is 11.5 Å². The first kappa shape index (κ1) is 16.5. The van der Waals surface area contributed by atoms with Crippen molar-refractivity contribution in [1.29, 1.82) is 0 Å². The lowest BCUT2D eigenvalue weighted by Gasteiger charge is -2.38. The van der Waals surface area contributed by atoms with Gasteiger partial charge in [-0.15, -0.1) is 0 Å². The van der Waals surface area contributed by atoms with Gasteiger partial charge >= 0.3 is 0 Å². The summed E-state index contributed by atoms with van der Waals surface area (Å²) in [6.45, 7) is 0. The molecule has 0 bridgehead atoms. The molecule has 2 aromatic rings. The molecule has 0 unspecified atom stereocenters. The second-order valence-corrected chi connectivity index (χ2v) is 6.67. The number of allylic oxidation sites excluding steroid dienone is 2. The zero-order valence-corrected chi connectivity index (χ0v) is 14.7. The number of anilines is 1. The van der Waals surface area contributed by atoms with Gasteiger partial charge in [-0.2, -0.15) is 0 Å². The number of carboxylic acid groups (broad SMARTS) is 1. The number of benzene rings is 2. The van der Waals surface area contributed by atoms with Crippen molar-refractivity contribution in [3.63, 3.8) is 0 Å². The Balaban J connectivity index is 1.80. The van der Waals surface area contributed by atoms with E-state index in [0.29, 0.717) is 0 Å². The third-order valence-electron chi connectivity index (χ3n) is 5.37. The number of methoxy groups -OCH3 is 2. The molecule has 5 heteroatoms. The van der Waals surface area contributed by atoms with Crippen LogP contribution in [0.1, 0.15) is 39.9 Å². The van der Waals surface area contributed by atoms with E-state index >= 15 is 0 Å². The molecule has 26 heavy (non-hydrogen) atoms. The molecule has 0 amide bonds. The Bertz CT molecular complexity index is 890. The molecule has 1 aliphatic carbocycles. The van der Waals surface area contributed by atoms with Crippen LogP contribution >= 0.6 is 0 Å². The predicted octanol–water partition coefficient (Wildman–Crippen LogP) is 2.89. The van der Waals surface area contributed by atoms with Crippen LogP contribution in [0.25, 0.3) is 0 Å². The van der Waals surface area contributed by atoms with Crippen LogP contribution in [0, 0.1) is 5.92 Å². The molecule has 5 nitrogen and oxygen atoms in total. The van der Waals surface area contributed by atoms with Crippen LogP contribution in [0.15, 0.2) is 48.6 Å². The highest BCUT2D eigenvalue weighted by Gasteiger charge is 2.39. The molecule has 0 fully saturated rings. The summed E-state index contributed by atoms with van der Waals surface area (Å²) in [4.78, 5) is 11.2. The average Bonchev–Trinajstić information content (AvgIpc) is 3.16. The van der Waals surface area contributed by atoms with Gasteiger partial charge in [0.25, 0.3) is 0 Å². The van der Waals surface area contributed by atoms with E-state index in [9.17, 15) is 9.90 Å². The minimum absolute atomic E-state index is 0.0429. The quantitative estimate of drug-likeness (QED) is 0.859. The minimum atomic E-state index is -1.15. The number of fused-ring (bicyclic) bond motifs is 3. The Morgan fingerprint density at radius 3 is 2.69 bits per heavy atom. The summed E-state index contributed by atoms with van der Waals surface area (Å²) in [5, 5.41) is 14.8. The number of carboxylic acids is 1. The normalized spacial score (nSPS) is 22.9. The van der Waals surface area contributed by atoms with E-state index < -0.39 is 5.97 Å². The number of carbonyl (C=O) groups excluding carboxylic acids is 1. The predicted molar refractivity (Wildman–Crippen MR) is 96.7 cm³/mol. The molecule has 0 radical (unpaired) electrons. The molecule has 1 heterocycles. The lowest BCUT2D eigenvalue weighted by Crippen LogP contribution is -2.30. The maximum atomic E-state index is 11.2. The fraction of sp³-hybridized carbons (Fsp3) is 0.286. The van der Waals surface area contributed by atoms with Crippen molar-refractivity contribution in [1.82, 2.24) is 0 Å². The van der Waals surface area contributed by atoms with Gasteiger partial charge in [0.2, 0.25) is 0 Å². The summed E-state index contributed by atoms with van der Waals surface area (Å²) in [6, 6.07) is 11.0. The van der Waals surface area contributed by atoms with Crippen LogP contribution in [0.3, 0.4) is 0 Å². The van der Waals surface area contributed by atoms with Crippen molar-refractivity contribution in [2.24, 2.45) is 5.92 Å². The number of hydrogen-bond donors (Lipinski definition) is 1. The molecule has 2 aromatic carbocycles. The summed E-state index contributed by atoms with van der Waals surface area (Å²) in [6.07, 6.45) is 5.25. The van der Waals surface area contributed by atoms with Gasteiger partial charge in [0.15, 0.2) is 0 Å². The first-order valence-corrected chi connectivity index (χ1v) is 8.62. The van der Waals surface area contributed by atoms with Gasteiger partial charge in [0.1, 0.15) is 11.5 Å². The number of aromatic carboxylic acids is 1. The first-order chi connectivity index (χ1) is 12.6. The van der Waals surface area contributed by atoms with E-state index in [1.807, 2.05) is 24.3 Å². The summed E-state index contributed by atoms with van der Waals surface area (Å²) in [7, 11) is 3.31. The van der Waals surface area contributed by atoms with Crippen molar-refractivity contribution in [2.45, 2.75) is 18.4 Å². The molecular formula is C21H20NO4-. The lowest BCUT2D eigenvalue weighted by molar-refractivity contribution is -0.255. The lowest BCUT2D eigenvalue weighted by atomic mass is 9.76. The highest BCUT2D eigenvalue weighted by molar-refractivity contribution is 5.87. The Labute approximate surface area is 152 Å². The topological polar surface area (TPSA) is 70.6 Å². The van der Waals surface area contributed by atoms with Gasteiger partial charge in [-0.25, -0.2) is 0 Å². The third kappa shape index (κ3) is 2.60. The number of ether oxygens (including phenoxy) is 2. The second kappa shape index (κ2) is 6.41. The van der Waals surface area contributed by atoms with Crippen LogP contribution in [0.4, 0.5) is 5.69 Å². The molecule has 0 saturated carbocycles. The third-order valence-corrected chi connectivity index (χ3v) is 5.37. The van der Waals surface area contributed by atoms with Crippen LogP contribution in [0.5, 0.6) is 11.5 Å². The summed E-state index contributed by atoms with van der Waals surface area (Å²) in [5.74, 6) is 0.877. The van der Waals surface area contributed by atoms with Gasteiger partial charge in [-0.05, 0) is 53.8 Å². The van der Waals surface area contributed by atoms with Crippen molar-refractivity contribution in [3.05, 3.63) is 65.2 Å². The van der Waals surface area contributed by atoms with Gasteiger partial charge in [-0.3, -0.25) is 0 Å². The zero-order chi connectivity index (χ0) is 18.3. The van der Waals surface area contributed by atoms with E-state index in [1.165, 1.54) is 0 Å². The van der Waals surface area contributed by atoms with Gasteiger partial charge < -0.3 is 24.7 Å². The molecule has 4 rings (SSSR count). The Morgan fingerprint density at radius 1 is 1.12 bits per heavy atom. The Kier molecular flexibility index (Phi) is 4.07. The molecule has 1 aliphatic heterocycles. The van der Waals surface area contributed by atoms with Gasteiger partial charge in [0, 0.05) is 17.2 Å². The fourth-order valence-corrected chi connectivity index (χ4v) is 4.11. The number of nitrogens with one attached hydrogen (secondary N) is 1. The molecule has 0 aromatic heterocycles. The van der Waals surface area contributed by atoms with Crippen molar-refractivity contribution < 1.29 is 19.4 Å². The number of hydrogen-bond acceptors (Lipinski definition) is 5. The molecule has 0 spiro atoms. The summed E-state index contributed by atoms with van der Waals surface area (Å²) < 4.78 is 11.0. The highest BCUT2D eigenvalue weighted by atomic mass is 16.5. The fourth-order valence-electron chi connectivity index (χ4n) is 4.11. The molecule has 134 valence electrons. The molecule has 0 saturated heterocycles. The molecule has 2 aliphatic rings. The minimum Gasteiger partial charge on any atom is -0.545 e. The van der Waals surface area contributed by atoms with E-state index in [1.54, 1.807) is 26.4 Å². The van der Waals surface area contributed by atoms with Gasteiger partial charge in [0.05, 0.1) is 26.2 Å². The zero-order valence-electron chi connectivity index (χ0n) is 14.7. The van der Waals surface area contributed by atoms with E-state index in [0.717, 1.165) is 34.7 Å². The summed E-state index contributed by atoms with van der Waals surface area (Å²) >= 11 is 0. The second-order valence-electron chi connectivity index (χ2n) is 6.67. The average molecular weight is 350 g/mol. The monoisotopic (exact) mass is 350 g/mol. The summed E-state index contributed by atoms with van der Waals surface area (Å²) in [5.41, 5.74) is 3.20. The first-order valence-electron chi connectivity index (χ1n) is 8.62. The van der Waals surface area contributed by atoms with E-state index in [2.05, 4.69) is 17.5 Å².